The van der Waals surface area contributed by atoms with Gasteiger partial charge in [-0.05, 0) is 35.7 Å². The monoisotopic (exact) mass is 304 g/mol. The third-order valence-corrected chi connectivity index (χ3v) is 3.47. The molecule has 0 spiro atoms. The lowest BCUT2D eigenvalue weighted by molar-refractivity contribution is 0.0696. The van der Waals surface area contributed by atoms with Gasteiger partial charge in [0.05, 0.1) is 16.5 Å². The molecule has 2 N–H and O–H groups in total. The first-order valence-electron chi connectivity index (χ1n) is 6.27. The van der Waals surface area contributed by atoms with Crippen LogP contribution in [0.4, 0.5) is 0 Å². The molecule has 0 heterocycles. The molecule has 21 heavy (non-hydrogen) atoms. The van der Waals surface area contributed by atoms with E-state index in [0.717, 1.165) is 11.6 Å². The molecule has 0 aromatic heterocycles. The van der Waals surface area contributed by atoms with E-state index >= 15 is 0 Å². The predicted octanol–water partition coefficient (Wildman–Crippen LogP) is 3.61. The number of carboxylic acids is 2. The summed E-state index contributed by atoms with van der Waals surface area (Å²) < 4.78 is 0. The summed E-state index contributed by atoms with van der Waals surface area (Å²) in [5.74, 6) is -2.32. The van der Waals surface area contributed by atoms with Crippen LogP contribution in [0.2, 0.25) is 0 Å². The molecule has 1 unspecified atom stereocenters. The Balaban J connectivity index is 2.31. The minimum absolute atomic E-state index is 0.0539. The topological polar surface area (TPSA) is 74.6 Å². The fraction of sp³-hybridized carbons (Fsp3) is 0.125. The van der Waals surface area contributed by atoms with Gasteiger partial charge in [-0.25, -0.2) is 9.59 Å². The van der Waals surface area contributed by atoms with Gasteiger partial charge in [0.2, 0.25) is 0 Å². The number of hydrogen-bond acceptors (Lipinski definition) is 2. The number of benzene rings is 2. The van der Waals surface area contributed by atoms with Crippen molar-refractivity contribution >= 4 is 23.5 Å². The minimum Gasteiger partial charge on any atom is -0.478 e. The molecule has 0 saturated carbocycles. The summed E-state index contributed by atoms with van der Waals surface area (Å²) in [6.45, 7) is 0. The molecule has 0 aliphatic heterocycles. The molecular formula is C16H13ClO4. The zero-order valence-corrected chi connectivity index (χ0v) is 11.7. The quantitative estimate of drug-likeness (QED) is 0.828. The molecule has 2 aromatic rings. The summed E-state index contributed by atoms with van der Waals surface area (Å²) in [5.41, 5.74) is 1.37. The fourth-order valence-corrected chi connectivity index (χ4v) is 2.37. The normalized spacial score (nSPS) is 11.9. The number of alkyl halides is 1. The van der Waals surface area contributed by atoms with Crippen molar-refractivity contribution in [3.63, 3.8) is 0 Å². The Morgan fingerprint density at radius 2 is 1.48 bits per heavy atom. The average molecular weight is 305 g/mol. The number of hydrogen-bond donors (Lipinski definition) is 2. The number of halogens is 1. The van der Waals surface area contributed by atoms with E-state index in [4.69, 9.17) is 21.8 Å². The van der Waals surface area contributed by atoms with Gasteiger partial charge in [-0.3, -0.25) is 0 Å². The van der Waals surface area contributed by atoms with Crippen molar-refractivity contribution < 1.29 is 19.8 Å². The van der Waals surface area contributed by atoms with E-state index < -0.39 is 11.9 Å². The van der Waals surface area contributed by atoms with Crippen LogP contribution < -0.4 is 0 Å². The van der Waals surface area contributed by atoms with Crippen LogP contribution in [0.25, 0.3) is 0 Å². The van der Waals surface area contributed by atoms with Crippen molar-refractivity contribution in [1.29, 1.82) is 0 Å². The van der Waals surface area contributed by atoms with Gasteiger partial charge >= 0.3 is 11.9 Å². The largest absolute Gasteiger partial charge is 0.478 e. The first-order chi connectivity index (χ1) is 9.97. The Kier molecular flexibility index (Phi) is 4.60. The zero-order chi connectivity index (χ0) is 15.4. The maximum Gasteiger partial charge on any atom is 0.335 e. The second-order valence-electron chi connectivity index (χ2n) is 4.61. The molecular weight excluding hydrogens is 292 g/mol. The number of carbonyl (C=O) groups is 2. The van der Waals surface area contributed by atoms with Gasteiger partial charge in [0.25, 0.3) is 0 Å². The molecule has 0 aliphatic carbocycles. The van der Waals surface area contributed by atoms with Crippen molar-refractivity contribution in [3.05, 3.63) is 70.8 Å². The van der Waals surface area contributed by atoms with Gasteiger partial charge in [-0.2, -0.15) is 0 Å². The molecule has 0 radical (unpaired) electrons. The molecule has 1 atom stereocenters. The van der Waals surface area contributed by atoms with Gasteiger partial charge in [-0.1, -0.05) is 30.3 Å². The van der Waals surface area contributed by atoms with Crippen LogP contribution in [-0.2, 0) is 6.42 Å². The lowest BCUT2D eigenvalue weighted by atomic mass is 9.99. The Hall–Kier alpha value is -2.33. The Morgan fingerprint density at radius 1 is 0.952 bits per heavy atom. The van der Waals surface area contributed by atoms with Gasteiger partial charge in [0, 0.05) is 0 Å². The van der Waals surface area contributed by atoms with Crippen molar-refractivity contribution in [3.8, 4) is 0 Å². The van der Waals surface area contributed by atoms with E-state index in [1.54, 1.807) is 0 Å². The van der Waals surface area contributed by atoms with E-state index in [0.29, 0.717) is 12.0 Å². The van der Waals surface area contributed by atoms with E-state index in [2.05, 4.69) is 0 Å². The number of aromatic carboxylic acids is 2. The molecule has 2 rings (SSSR count). The van der Waals surface area contributed by atoms with Crippen LogP contribution in [0, 0.1) is 0 Å². The smallest absolute Gasteiger partial charge is 0.335 e. The fourth-order valence-electron chi connectivity index (χ4n) is 2.04. The second-order valence-corrected chi connectivity index (χ2v) is 5.14. The minimum atomic E-state index is -1.16. The SMILES string of the molecule is O=C(O)c1cc(CC(Cl)c2ccccc2)cc(C(=O)O)c1. The van der Waals surface area contributed by atoms with Crippen LogP contribution in [0.1, 0.15) is 37.2 Å². The highest BCUT2D eigenvalue weighted by atomic mass is 35.5. The lowest BCUT2D eigenvalue weighted by Gasteiger charge is -2.11. The highest BCUT2D eigenvalue weighted by Gasteiger charge is 2.14. The summed E-state index contributed by atoms with van der Waals surface area (Å²) in [6, 6.07) is 13.4. The van der Waals surface area contributed by atoms with Crippen molar-refractivity contribution in [1.82, 2.24) is 0 Å². The van der Waals surface area contributed by atoms with Gasteiger partial charge < -0.3 is 10.2 Å². The van der Waals surface area contributed by atoms with Gasteiger partial charge in [0.1, 0.15) is 0 Å². The number of carboxylic acid groups (broad SMARTS) is 2. The lowest BCUT2D eigenvalue weighted by Crippen LogP contribution is -2.05. The molecule has 0 fully saturated rings. The third-order valence-electron chi connectivity index (χ3n) is 3.06. The summed E-state index contributed by atoms with van der Waals surface area (Å²) in [5, 5.41) is 17.7. The van der Waals surface area contributed by atoms with Crippen LogP contribution in [0.5, 0.6) is 0 Å². The highest BCUT2D eigenvalue weighted by Crippen LogP contribution is 2.25. The standard InChI is InChI=1S/C16H13ClO4/c17-14(11-4-2-1-3-5-11)8-10-6-12(15(18)19)9-13(7-10)16(20)21/h1-7,9,14H,8H2,(H,18,19)(H,20,21). The maximum absolute atomic E-state index is 11.1. The third kappa shape index (κ3) is 3.83. The average Bonchev–Trinajstić information content (AvgIpc) is 2.47. The highest BCUT2D eigenvalue weighted by molar-refractivity contribution is 6.20. The molecule has 0 bridgehead atoms. The van der Waals surface area contributed by atoms with Gasteiger partial charge in [-0.15, -0.1) is 11.6 Å². The molecule has 108 valence electrons. The van der Waals surface area contributed by atoms with Crippen LogP contribution in [-0.4, -0.2) is 22.2 Å². The predicted molar refractivity (Wildman–Crippen MR) is 79.1 cm³/mol. The molecule has 4 nitrogen and oxygen atoms in total. The molecule has 0 saturated heterocycles. The Morgan fingerprint density at radius 3 is 1.95 bits per heavy atom. The Labute approximate surface area is 126 Å². The first-order valence-corrected chi connectivity index (χ1v) is 6.70. The second kappa shape index (κ2) is 6.41. The molecule has 5 heteroatoms. The summed E-state index contributed by atoms with van der Waals surface area (Å²) in [7, 11) is 0. The zero-order valence-electron chi connectivity index (χ0n) is 11.0. The van der Waals surface area contributed by atoms with Crippen molar-refractivity contribution in [2.24, 2.45) is 0 Å². The molecule has 2 aromatic carbocycles. The van der Waals surface area contributed by atoms with E-state index in [9.17, 15) is 9.59 Å². The van der Waals surface area contributed by atoms with E-state index in [-0.39, 0.29) is 16.5 Å². The molecule has 0 aliphatic rings. The van der Waals surface area contributed by atoms with Crippen LogP contribution in [0.3, 0.4) is 0 Å². The van der Waals surface area contributed by atoms with Crippen LogP contribution >= 0.6 is 11.6 Å². The maximum atomic E-state index is 11.1. The van der Waals surface area contributed by atoms with E-state index in [1.807, 2.05) is 30.3 Å². The summed E-state index contributed by atoms with van der Waals surface area (Å²) >= 11 is 6.31. The van der Waals surface area contributed by atoms with Crippen molar-refractivity contribution in [2.45, 2.75) is 11.8 Å². The van der Waals surface area contributed by atoms with Gasteiger partial charge in [0.15, 0.2) is 0 Å². The summed E-state index contributed by atoms with van der Waals surface area (Å²) in [4.78, 5) is 22.1. The van der Waals surface area contributed by atoms with Crippen molar-refractivity contribution in [2.75, 3.05) is 0 Å². The Bertz CT molecular complexity index is 635. The summed E-state index contributed by atoms with van der Waals surface area (Å²) in [6.07, 6.45) is 0.354. The van der Waals surface area contributed by atoms with Crippen LogP contribution in [0.15, 0.2) is 48.5 Å². The van der Waals surface area contributed by atoms with E-state index in [1.165, 1.54) is 12.1 Å². The number of rotatable bonds is 5. The first kappa shape index (κ1) is 15.1. The molecule has 0 amide bonds.